The van der Waals surface area contributed by atoms with Gasteiger partial charge in [-0.05, 0) is 99.9 Å². The van der Waals surface area contributed by atoms with Gasteiger partial charge in [0.05, 0.1) is 59.6 Å². The van der Waals surface area contributed by atoms with E-state index in [1.807, 2.05) is 83.4 Å². The summed E-state index contributed by atoms with van der Waals surface area (Å²) in [6.45, 7) is 19.1. The first kappa shape index (κ1) is 54.7. The van der Waals surface area contributed by atoms with Crippen LogP contribution in [0.5, 0.6) is 0 Å². The highest BCUT2D eigenvalue weighted by Crippen LogP contribution is 2.45. The molecule has 0 unspecified atom stereocenters. The quantitative estimate of drug-likeness (QED) is 0.174. The lowest BCUT2D eigenvalue weighted by molar-refractivity contribution is -0.319. The number of cyclic esters (lactones) is 1. The third-order valence-electron chi connectivity index (χ3n) is 15.8. The van der Waals surface area contributed by atoms with Crippen LogP contribution in [0.3, 0.4) is 0 Å². The molecule has 0 spiro atoms. The Morgan fingerprint density at radius 1 is 0.913 bits per heavy atom. The topological polar surface area (TPSA) is 203 Å². The van der Waals surface area contributed by atoms with Crippen molar-refractivity contribution in [2.75, 3.05) is 34.9 Å². The number of amides is 1. The van der Waals surface area contributed by atoms with Crippen LogP contribution in [0.2, 0.25) is 0 Å². The Morgan fingerprint density at radius 2 is 1.61 bits per heavy atom. The average Bonchev–Trinajstić information content (AvgIpc) is 3.90. The van der Waals surface area contributed by atoms with E-state index in [1.54, 1.807) is 58.4 Å². The molecule has 0 aromatic carbocycles. The number of rotatable bonds is 14. The maximum Gasteiger partial charge on any atom is 0.410 e. The fourth-order valence-corrected chi connectivity index (χ4v) is 11.6. The summed E-state index contributed by atoms with van der Waals surface area (Å²) in [6.07, 6.45) is 1.02. The molecule has 4 fully saturated rings. The van der Waals surface area contributed by atoms with Gasteiger partial charge >= 0.3 is 12.1 Å². The number of imidazole rings is 1. The number of carbonyl (C=O) groups is 3. The molecule has 0 bridgehead atoms. The summed E-state index contributed by atoms with van der Waals surface area (Å²) in [5, 5.41) is 23.0. The number of nitrogens with zero attached hydrogens (tertiary/aromatic N) is 5. The number of ether oxygens (including phenoxy) is 8. The molecule has 0 radical (unpaired) electrons. The van der Waals surface area contributed by atoms with Gasteiger partial charge < -0.3 is 62.5 Å². The second-order valence-corrected chi connectivity index (χ2v) is 21.1. The normalized spacial score (nSPS) is 40.6. The highest BCUT2D eigenvalue weighted by Gasteiger charge is 2.61. The van der Waals surface area contributed by atoms with E-state index in [4.69, 9.17) is 37.9 Å². The number of likely N-dealkylation sites (N-methyl/N-ethyl adjacent to an activating group) is 1. The minimum atomic E-state index is -1.42. The molecule has 2 N–H and O–H groups in total. The predicted molar refractivity (Wildman–Crippen MR) is 254 cm³/mol. The Morgan fingerprint density at radius 3 is 2.25 bits per heavy atom. The molecule has 0 saturated carbocycles. The molecule has 2 aromatic heterocycles. The number of methoxy groups -OCH3 is 2. The molecule has 18 heteroatoms. The van der Waals surface area contributed by atoms with Gasteiger partial charge in [-0.2, -0.15) is 0 Å². The number of aromatic nitrogens is 3. The lowest BCUT2D eigenvalue weighted by atomic mass is 9.73. The summed E-state index contributed by atoms with van der Waals surface area (Å²) in [5.41, 5.74) is -2.01. The first-order valence-corrected chi connectivity index (χ1v) is 24.9. The van der Waals surface area contributed by atoms with Crippen molar-refractivity contribution in [3.8, 4) is 11.3 Å². The second-order valence-electron chi connectivity index (χ2n) is 21.1. The van der Waals surface area contributed by atoms with Crippen LogP contribution in [0.15, 0.2) is 37.1 Å². The molecular weight excluding hydrogens is 891 g/mol. The van der Waals surface area contributed by atoms with Crippen LogP contribution in [-0.4, -0.2) is 171 Å². The van der Waals surface area contributed by atoms with Crippen LogP contribution >= 0.6 is 0 Å². The maximum atomic E-state index is 15.1. The number of aryl methyl sites for hydroxylation is 1. The summed E-state index contributed by atoms with van der Waals surface area (Å²) < 4.78 is 53.7. The van der Waals surface area contributed by atoms with Crippen LogP contribution < -0.4 is 0 Å². The number of ketones is 1. The predicted octanol–water partition coefficient (Wildman–Crippen LogP) is 5.65. The molecule has 18 nitrogen and oxygen atoms in total. The molecule has 2 aromatic rings. The summed E-state index contributed by atoms with van der Waals surface area (Å²) >= 11 is 0. The molecule has 0 aliphatic carbocycles. The number of Topliss-reactive ketones (excluding diaryl/α,β-unsaturated/α-hetero) is 1. The number of carbonyl (C=O) groups excluding carboxylic acids is 3. The zero-order valence-corrected chi connectivity index (χ0v) is 43.4. The Hall–Kier alpha value is -3.59. The standard InChI is InChI=1S/C51H81N5O13/c1-15-38-51(10)43(56(48(61)69-51)22-17-16-21-55-27-36(53-28-55)35-19-18-20-52-26-35)31(4)40(57)29(2)24-50(9,63-14)45(68-47-41(58)37(54(11)12)23-30(3)64-47)32(5)42(33(6)46(60)66-38)67-39-25-49(8,62-13)44(59)34(7)65-39/h18-20,26-34,37-39,41-45,47,58-59H,15-17,21-25H2,1-14H3/t29-,30-,31+,32+,33-,34+,37+,38-,39+,41-,42+,43-,44+,45-,47+,49+,50-,51-/m1/s1. The van der Waals surface area contributed by atoms with E-state index in [2.05, 4.69) is 9.97 Å². The van der Waals surface area contributed by atoms with Gasteiger partial charge in [-0.3, -0.25) is 14.6 Å². The van der Waals surface area contributed by atoms with Crippen LogP contribution in [0.25, 0.3) is 11.3 Å². The van der Waals surface area contributed by atoms with Crippen molar-refractivity contribution < 1.29 is 62.5 Å². The molecule has 4 aliphatic heterocycles. The number of unbranched alkanes of at least 4 members (excludes halogenated alkanes) is 1. The molecule has 69 heavy (non-hydrogen) atoms. The smallest absolute Gasteiger partial charge is 0.410 e. The van der Waals surface area contributed by atoms with Gasteiger partial charge in [-0.1, -0.05) is 27.7 Å². The van der Waals surface area contributed by atoms with E-state index in [9.17, 15) is 19.8 Å². The molecule has 4 aliphatic rings. The first-order chi connectivity index (χ1) is 32.5. The molecular formula is C51H81N5O13. The van der Waals surface area contributed by atoms with E-state index >= 15 is 4.79 Å². The number of aliphatic hydroxyl groups is 2. The molecule has 6 rings (SSSR count). The molecule has 18 atom stereocenters. The van der Waals surface area contributed by atoms with Gasteiger partial charge in [0.25, 0.3) is 0 Å². The average molecular weight is 972 g/mol. The highest BCUT2D eigenvalue weighted by atomic mass is 16.7. The Bertz CT molecular complexity index is 2030. The maximum absolute atomic E-state index is 15.1. The fraction of sp³-hybridized carbons (Fsp3) is 0.784. The van der Waals surface area contributed by atoms with Crippen molar-refractivity contribution >= 4 is 17.8 Å². The Labute approximate surface area is 409 Å². The van der Waals surface area contributed by atoms with Gasteiger partial charge in [0.15, 0.2) is 18.2 Å². The summed E-state index contributed by atoms with van der Waals surface area (Å²) in [6, 6.07) is 2.72. The SMILES string of the molecule is CC[C@H]1OC(=O)[C@H](C)[C@@H](O[C@H]2C[C@](C)(OC)[C@@H](O)[C@H](C)O2)[C@H](C)[C@@H](O[C@@H]2O[C@H](C)C[C@H](N(C)C)[C@H]2O)[C@](C)(OC)C[C@@H](C)C(=O)[C@H](C)[C@H]2N(CCCCn3cnc(-c4cccnc4)c3)C(=O)O[C@]12C. The molecule has 388 valence electrons. The van der Waals surface area contributed by atoms with Crippen molar-refractivity contribution in [1.82, 2.24) is 24.3 Å². The molecule has 6 heterocycles. The minimum absolute atomic E-state index is 0.126. The number of hydrogen-bond donors (Lipinski definition) is 2. The number of pyridine rings is 1. The largest absolute Gasteiger partial charge is 0.458 e. The third kappa shape index (κ3) is 11.5. The van der Waals surface area contributed by atoms with Gasteiger partial charge in [0.1, 0.15) is 24.1 Å². The van der Waals surface area contributed by atoms with E-state index in [1.165, 1.54) is 7.11 Å². The minimum Gasteiger partial charge on any atom is -0.458 e. The van der Waals surface area contributed by atoms with Crippen LogP contribution in [-0.2, 0) is 54.0 Å². The Kier molecular flexibility index (Phi) is 17.8. The number of esters is 1. The van der Waals surface area contributed by atoms with Gasteiger partial charge in [-0.25, -0.2) is 9.78 Å². The van der Waals surface area contributed by atoms with Gasteiger partial charge in [0.2, 0.25) is 0 Å². The first-order valence-electron chi connectivity index (χ1n) is 24.9. The van der Waals surface area contributed by atoms with Crippen molar-refractivity contribution in [3.63, 3.8) is 0 Å². The zero-order chi connectivity index (χ0) is 50.7. The number of fused-ring (bicyclic) bond motifs is 1. The van der Waals surface area contributed by atoms with Crippen LogP contribution in [0, 0.1) is 23.7 Å². The summed E-state index contributed by atoms with van der Waals surface area (Å²) in [7, 11) is 6.87. The van der Waals surface area contributed by atoms with Crippen molar-refractivity contribution in [2.24, 2.45) is 23.7 Å². The Balaban J connectivity index is 1.36. The molecule has 1 amide bonds. The van der Waals surface area contributed by atoms with Crippen LogP contribution in [0.1, 0.15) is 108 Å². The van der Waals surface area contributed by atoms with Crippen LogP contribution in [0.4, 0.5) is 4.79 Å². The summed E-state index contributed by atoms with van der Waals surface area (Å²) in [5.74, 6) is -3.91. The zero-order valence-electron chi connectivity index (χ0n) is 43.4. The number of hydrogen-bond acceptors (Lipinski definition) is 16. The van der Waals surface area contributed by atoms with E-state index < -0.39 is 108 Å². The lowest BCUT2D eigenvalue weighted by Gasteiger charge is -2.50. The monoisotopic (exact) mass is 972 g/mol. The lowest BCUT2D eigenvalue weighted by Crippen LogP contribution is -2.61. The summed E-state index contributed by atoms with van der Waals surface area (Å²) in [4.78, 5) is 56.6. The van der Waals surface area contributed by atoms with E-state index in [0.717, 1.165) is 11.3 Å². The van der Waals surface area contributed by atoms with Crippen molar-refractivity contribution in [3.05, 3.63) is 37.1 Å². The fourth-order valence-electron chi connectivity index (χ4n) is 11.6. The van der Waals surface area contributed by atoms with E-state index in [0.29, 0.717) is 32.4 Å². The second kappa shape index (κ2) is 22.4. The van der Waals surface area contributed by atoms with E-state index in [-0.39, 0.29) is 37.2 Å². The van der Waals surface area contributed by atoms with Crippen molar-refractivity contribution in [2.45, 2.75) is 199 Å². The third-order valence-corrected chi connectivity index (χ3v) is 15.8. The highest BCUT2D eigenvalue weighted by molar-refractivity contribution is 5.85. The van der Waals surface area contributed by atoms with Crippen molar-refractivity contribution in [1.29, 1.82) is 0 Å². The van der Waals surface area contributed by atoms with Gasteiger partial charge in [-0.15, -0.1) is 0 Å². The number of aliphatic hydroxyl groups excluding tert-OH is 2. The molecule has 4 saturated heterocycles. The van der Waals surface area contributed by atoms with Gasteiger partial charge in [0, 0.05) is 81.7 Å².